The molecule has 3 unspecified atom stereocenters. The fourth-order valence-electron chi connectivity index (χ4n) is 5.34. The van der Waals surface area contributed by atoms with Gasteiger partial charge in [-0.25, -0.2) is 4.79 Å². The van der Waals surface area contributed by atoms with Crippen molar-refractivity contribution in [2.45, 2.75) is 56.5 Å². The van der Waals surface area contributed by atoms with E-state index in [1.54, 1.807) is 0 Å². The number of amides is 2. The molecule has 1 saturated carbocycles. The lowest BCUT2D eigenvalue weighted by molar-refractivity contribution is -0.140. The molecule has 2 amide bonds. The maximum Gasteiger partial charge on any atom is 0.407 e. The van der Waals surface area contributed by atoms with Gasteiger partial charge in [0.25, 0.3) is 0 Å². The first-order chi connectivity index (χ1) is 17.0. The number of hydrogen-bond acceptors (Lipinski definition) is 4. The second-order valence-corrected chi connectivity index (χ2v) is 9.30. The van der Waals surface area contributed by atoms with Crippen LogP contribution in [0.2, 0.25) is 0 Å². The van der Waals surface area contributed by atoms with Crippen LogP contribution in [0.15, 0.2) is 61.2 Å². The lowest BCUT2D eigenvalue weighted by Gasteiger charge is -2.32. The molecule has 3 N–H and O–H groups in total. The summed E-state index contributed by atoms with van der Waals surface area (Å²) in [6.45, 7) is 3.89. The van der Waals surface area contributed by atoms with Gasteiger partial charge in [-0.15, -0.1) is 6.58 Å². The van der Waals surface area contributed by atoms with Crippen LogP contribution < -0.4 is 10.6 Å². The van der Waals surface area contributed by atoms with Gasteiger partial charge in [0.05, 0.1) is 6.42 Å². The summed E-state index contributed by atoms with van der Waals surface area (Å²) in [5.41, 5.74) is 4.38. The maximum absolute atomic E-state index is 12.9. The Morgan fingerprint density at radius 3 is 2.29 bits per heavy atom. The van der Waals surface area contributed by atoms with E-state index >= 15 is 0 Å². The van der Waals surface area contributed by atoms with E-state index in [0.29, 0.717) is 0 Å². The molecule has 184 valence electrons. The Balaban J connectivity index is 1.40. The van der Waals surface area contributed by atoms with Crippen molar-refractivity contribution in [3.05, 3.63) is 72.3 Å². The van der Waals surface area contributed by atoms with Crippen molar-refractivity contribution in [3.63, 3.8) is 0 Å². The largest absolute Gasteiger partial charge is 0.481 e. The summed E-state index contributed by atoms with van der Waals surface area (Å²) in [7, 11) is 0. The number of nitrogens with one attached hydrogen (secondary N) is 2. The van der Waals surface area contributed by atoms with Crippen LogP contribution in [0.3, 0.4) is 0 Å². The van der Waals surface area contributed by atoms with Gasteiger partial charge in [0, 0.05) is 12.0 Å². The molecule has 7 nitrogen and oxygen atoms in total. The Morgan fingerprint density at radius 1 is 1.03 bits per heavy atom. The van der Waals surface area contributed by atoms with Crippen molar-refractivity contribution in [2.24, 2.45) is 5.92 Å². The Morgan fingerprint density at radius 2 is 1.66 bits per heavy atom. The summed E-state index contributed by atoms with van der Waals surface area (Å²) in [5.74, 6) is -1.52. The zero-order valence-electron chi connectivity index (χ0n) is 19.7. The minimum atomic E-state index is -1.21. The van der Waals surface area contributed by atoms with Gasteiger partial charge >= 0.3 is 12.1 Å². The van der Waals surface area contributed by atoms with Crippen molar-refractivity contribution in [1.82, 2.24) is 10.6 Å². The summed E-state index contributed by atoms with van der Waals surface area (Å²) in [6, 6.07) is 14.7. The molecule has 35 heavy (non-hydrogen) atoms. The average Bonchev–Trinajstić information content (AvgIpc) is 3.17. The fourth-order valence-corrected chi connectivity index (χ4v) is 5.34. The number of benzene rings is 2. The van der Waals surface area contributed by atoms with E-state index in [-0.39, 0.29) is 24.5 Å². The van der Waals surface area contributed by atoms with Crippen molar-refractivity contribution in [1.29, 1.82) is 0 Å². The topological polar surface area (TPSA) is 105 Å². The lowest BCUT2D eigenvalue weighted by atomic mass is 9.82. The van der Waals surface area contributed by atoms with Gasteiger partial charge in [-0.1, -0.05) is 67.4 Å². The zero-order valence-corrected chi connectivity index (χ0v) is 19.7. The number of hydrogen-bond donors (Lipinski definition) is 3. The molecule has 1 fully saturated rings. The van der Waals surface area contributed by atoms with Crippen LogP contribution in [0.4, 0.5) is 4.79 Å². The van der Waals surface area contributed by atoms with Crippen LogP contribution in [0.25, 0.3) is 11.1 Å². The molecule has 2 aromatic carbocycles. The van der Waals surface area contributed by atoms with Crippen LogP contribution in [-0.4, -0.2) is 41.8 Å². The summed E-state index contributed by atoms with van der Waals surface area (Å²) in [6.07, 6.45) is 5.22. The molecule has 0 aromatic heterocycles. The summed E-state index contributed by atoms with van der Waals surface area (Å²) < 4.78 is 5.52. The Kier molecular flexibility index (Phi) is 7.85. The maximum atomic E-state index is 12.9. The number of carbonyl (C=O) groups is 3. The predicted octanol–water partition coefficient (Wildman–Crippen LogP) is 4.62. The quantitative estimate of drug-likeness (QED) is 0.458. The first kappa shape index (κ1) is 24.5. The van der Waals surface area contributed by atoms with Gasteiger partial charge in [0.15, 0.2) is 0 Å². The number of fused-ring (bicyclic) bond motifs is 3. The first-order valence-corrected chi connectivity index (χ1v) is 12.2. The molecule has 0 heterocycles. The molecular weight excluding hydrogens is 444 g/mol. The predicted molar refractivity (Wildman–Crippen MR) is 133 cm³/mol. The summed E-state index contributed by atoms with van der Waals surface area (Å²) in [5, 5.41) is 14.8. The highest BCUT2D eigenvalue weighted by atomic mass is 16.5. The Hall–Kier alpha value is -3.61. The number of carbonyl (C=O) groups excluding carboxylic acids is 2. The van der Waals surface area contributed by atoms with Gasteiger partial charge in [0.2, 0.25) is 5.91 Å². The molecule has 7 heteroatoms. The average molecular weight is 477 g/mol. The van der Waals surface area contributed by atoms with Gasteiger partial charge in [-0.3, -0.25) is 9.59 Å². The van der Waals surface area contributed by atoms with Crippen LogP contribution >= 0.6 is 0 Å². The highest BCUT2D eigenvalue weighted by Crippen LogP contribution is 2.44. The van der Waals surface area contributed by atoms with Gasteiger partial charge in [0.1, 0.15) is 12.6 Å². The number of carboxylic acids is 1. The van der Waals surface area contributed by atoms with E-state index in [1.165, 1.54) is 0 Å². The molecule has 2 aromatic rings. The third-order valence-corrected chi connectivity index (χ3v) is 7.04. The van der Waals surface area contributed by atoms with Crippen LogP contribution in [-0.2, 0) is 14.3 Å². The van der Waals surface area contributed by atoms with Gasteiger partial charge < -0.3 is 20.5 Å². The summed E-state index contributed by atoms with van der Waals surface area (Å²) >= 11 is 0. The van der Waals surface area contributed by atoms with E-state index in [1.807, 2.05) is 54.6 Å². The van der Waals surface area contributed by atoms with Crippen LogP contribution in [0.5, 0.6) is 0 Å². The van der Waals surface area contributed by atoms with Gasteiger partial charge in [-0.2, -0.15) is 0 Å². The van der Waals surface area contributed by atoms with Crippen molar-refractivity contribution >= 4 is 18.0 Å². The van der Waals surface area contributed by atoms with Gasteiger partial charge in [-0.05, 0) is 47.4 Å². The number of ether oxygens (including phenoxy) is 1. The molecule has 2 aliphatic carbocycles. The zero-order chi connectivity index (χ0) is 24.8. The Labute approximate surface area is 205 Å². The van der Waals surface area contributed by atoms with E-state index in [2.05, 4.69) is 17.2 Å². The number of carboxylic acid groups (broad SMARTS) is 1. The molecule has 4 rings (SSSR count). The van der Waals surface area contributed by atoms with Crippen LogP contribution in [0, 0.1) is 5.92 Å². The van der Waals surface area contributed by atoms with Crippen molar-refractivity contribution in [3.8, 4) is 11.1 Å². The fraction of sp³-hybridized carbons (Fsp3) is 0.393. The first-order valence-electron chi connectivity index (χ1n) is 12.2. The monoisotopic (exact) mass is 476 g/mol. The van der Waals surface area contributed by atoms with Crippen molar-refractivity contribution < 1.29 is 24.2 Å². The highest BCUT2D eigenvalue weighted by molar-refractivity contribution is 5.89. The molecule has 0 saturated heterocycles. The second kappa shape index (κ2) is 11.2. The lowest BCUT2D eigenvalue weighted by Crippen LogP contribution is -2.52. The molecule has 3 atom stereocenters. The van der Waals surface area contributed by atoms with E-state index in [0.717, 1.165) is 54.4 Å². The van der Waals surface area contributed by atoms with Crippen LogP contribution in [0.1, 0.15) is 55.6 Å². The highest BCUT2D eigenvalue weighted by Gasteiger charge is 2.32. The minimum absolute atomic E-state index is 0.0603. The molecule has 0 bridgehead atoms. The molecule has 0 radical (unpaired) electrons. The summed E-state index contributed by atoms with van der Waals surface area (Å²) in [4.78, 5) is 37.0. The Bertz CT molecular complexity index is 1050. The number of allylic oxidation sites excluding steroid dienone is 1. The number of alkyl carbamates (subject to hydrolysis) is 1. The normalized spacial score (nSPS) is 19.7. The molecular formula is C28H32N2O5. The van der Waals surface area contributed by atoms with Crippen molar-refractivity contribution in [2.75, 3.05) is 6.61 Å². The molecule has 0 aliphatic heterocycles. The number of aliphatic carboxylic acids is 1. The standard InChI is InChI=1S/C28H32N2O5/c1-2-9-18-10-3-8-15-24(18)29-27(33)25(16-26(31)32)30-28(34)35-17-23-21-13-6-4-11-19(21)20-12-5-7-14-22(20)23/h2,4-7,11-14,18,23-25H,1,3,8-10,15-17H2,(H,29,33)(H,30,34)(H,31,32). The SMILES string of the molecule is C=CCC1CCCCC1NC(=O)C(CC(=O)O)NC(=O)OCC1c2ccccc2-c2ccccc21. The van der Waals surface area contributed by atoms with E-state index in [9.17, 15) is 19.5 Å². The third-order valence-electron chi connectivity index (χ3n) is 7.04. The molecule has 2 aliphatic rings. The minimum Gasteiger partial charge on any atom is -0.481 e. The third kappa shape index (κ3) is 5.73. The number of rotatable bonds is 9. The van der Waals surface area contributed by atoms with E-state index in [4.69, 9.17) is 4.74 Å². The smallest absolute Gasteiger partial charge is 0.407 e. The van der Waals surface area contributed by atoms with E-state index < -0.39 is 30.4 Å². The molecule has 0 spiro atoms. The second-order valence-electron chi connectivity index (χ2n) is 9.30.